The van der Waals surface area contributed by atoms with E-state index in [1.54, 1.807) is 0 Å². The van der Waals surface area contributed by atoms with Crippen LogP contribution in [0.15, 0.2) is 18.2 Å². The summed E-state index contributed by atoms with van der Waals surface area (Å²) in [6.45, 7) is 0. The smallest absolute Gasteiger partial charge is 0.306 e. The van der Waals surface area contributed by atoms with Crippen LogP contribution in [0.2, 0.25) is 5.02 Å². The van der Waals surface area contributed by atoms with Gasteiger partial charge in [-0.3, -0.25) is 4.79 Å². The van der Waals surface area contributed by atoms with Crippen LogP contribution in [0.25, 0.3) is 0 Å². The first-order chi connectivity index (χ1) is 10.3. The van der Waals surface area contributed by atoms with E-state index in [9.17, 15) is 17.6 Å². The Balaban J connectivity index is 1.94. The van der Waals surface area contributed by atoms with Crippen LogP contribution in [-0.4, -0.2) is 25.5 Å². The van der Waals surface area contributed by atoms with Crippen molar-refractivity contribution in [3.05, 3.63) is 34.6 Å². The molecule has 0 amide bonds. The number of carboxylic acids is 1. The molecule has 0 bridgehead atoms. The summed E-state index contributed by atoms with van der Waals surface area (Å²) < 4.78 is 40.1. The van der Waals surface area contributed by atoms with E-state index in [0.29, 0.717) is 31.2 Å². The van der Waals surface area contributed by atoms with Crippen molar-refractivity contribution in [2.75, 3.05) is 0 Å². The predicted octanol–water partition coefficient (Wildman–Crippen LogP) is 2.54. The minimum Gasteiger partial charge on any atom is -0.481 e. The Morgan fingerprint density at radius 2 is 1.95 bits per heavy atom. The molecule has 1 fully saturated rings. The van der Waals surface area contributed by atoms with Crippen LogP contribution in [0, 0.1) is 11.7 Å². The van der Waals surface area contributed by atoms with E-state index in [-0.39, 0.29) is 16.8 Å². The van der Waals surface area contributed by atoms with Crippen LogP contribution in [0.4, 0.5) is 4.39 Å². The fourth-order valence-corrected chi connectivity index (χ4v) is 4.17. The number of benzene rings is 1. The van der Waals surface area contributed by atoms with Crippen LogP contribution >= 0.6 is 11.6 Å². The molecule has 0 heterocycles. The molecule has 8 heteroatoms. The Hall–Kier alpha value is -1.18. The number of carboxylic acid groups (broad SMARTS) is 1. The second-order valence-electron chi connectivity index (χ2n) is 5.51. The van der Waals surface area contributed by atoms with Gasteiger partial charge in [0.25, 0.3) is 0 Å². The third kappa shape index (κ3) is 4.66. The number of rotatable bonds is 5. The molecular weight excluding hydrogens is 333 g/mol. The molecular formula is C14H17ClFNO4S. The number of hydrogen-bond acceptors (Lipinski definition) is 3. The molecule has 0 atom stereocenters. The summed E-state index contributed by atoms with van der Waals surface area (Å²) in [6.07, 6.45) is 1.90. The summed E-state index contributed by atoms with van der Waals surface area (Å²) in [6, 6.07) is 3.62. The summed E-state index contributed by atoms with van der Waals surface area (Å²) in [7, 11) is -3.61. The summed E-state index contributed by atoms with van der Waals surface area (Å²) in [5.41, 5.74) is 0.314. The SMILES string of the molecule is O=C(O)C1CCC(NS(=O)(=O)Cc2ccc(Cl)c(F)c2)CC1. The predicted molar refractivity (Wildman–Crippen MR) is 80.6 cm³/mol. The first-order valence-electron chi connectivity index (χ1n) is 6.93. The zero-order valence-corrected chi connectivity index (χ0v) is 13.3. The zero-order valence-electron chi connectivity index (χ0n) is 11.8. The second-order valence-corrected chi connectivity index (χ2v) is 7.67. The standard InChI is InChI=1S/C14H17ClFNO4S/c15-12-6-1-9(7-13(12)16)8-22(20,21)17-11-4-2-10(3-5-11)14(18)19/h1,6-7,10-11,17H,2-5,8H2,(H,18,19). The van der Waals surface area contributed by atoms with E-state index in [0.717, 1.165) is 6.07 Å². The number of sulfonamides is 1. The van der Waals surface area contributed by atoms with Gasteiger partial charge in [0.2, 0.25) is 10.0 Å². The third-order valence-electron chi connectivity index (χ3n) is 3.76. The van der Waals surface area contributed by atoms with Gasteiger partial charge in [0.15, 0.2) is 0 Å². The highest BCUT2D eigenvalue weighted by Gasteiger charge is 2.28. The minimum atomic E-state index is -3.61. The first kappa shape index (κ1) is 17.2. The van der Waals surface area contributed by atoms with E-state index in [4.69, 9.17) is 16.7 Å². The monoisotopic (exact) mass is 349 g/mol. The molecule has 0 spiro atoms. The molecule has 0 aromatic heterocycles. The van der Waals surface area contributed by atoms with Gasteiger partial charge in [-0.2, -0.15) is 0 Å². The van der Waals surface area contributed by atoms with Crippen LogP contribution in [0.3, 0.4) is 0 Å². The Morgan fingerprint density at radius 1 is 1.32 bits per heavy atom. The van der Waals surface area contributed by atoms with Gasteiger partial charge in [-0.15, -0.1) is 0 Å². The third-order valence-corrected chi connectivity index (χ3v) is 5.48. The Labute approximate surface area is 133 Å². The van der Waals surface area contributed by atoms with Crippen molar-refractivity contribution >= 4 is 27.6 Å². The van der Waals surface area contributed by atoms with Gasteiger partial charge in [-0.1, -0.05) is 17.7 Å². The maximum Gasteiger partial charge on any atom is 0.306 e. The zero-order chi connectivity index (χ0) is 16.3. The molecule has 0 saturated heterocycles. The highest BCUT2D eigenvalue weighted by molar-refractivity contribution is 7.88. The maximum absolute atomic E-state index is 13.3. The van der Waals surface area contributed by atoms with Gasteiger partial charge in [-0.05, 0) is 43.4 Å². The van der Waals surface area contributed by atoms with Crippen LogP contribution in [0.1, 0.15) is 31.2 Å². The van der Waals surface area contributed by atoms with Crippen molar-refractivity contribution < 1.29 is 22.7 Å². The molecule has 5 nitrogen and oxygen atoms in total. The Kier molecular flexibility index (Phi) is 5.41. The maximum atomic E-state index is 13.3. The molecule has 0 unspecified atom stereocenters. The lowest BCUT2D eigenvalue weighted by Gasteiger charge is -2.26. The first-order valence-corrected chi connectivity index (χ1v) is 8.96. The molecule has 0 radical (unpaired) electrons. The van der Waals surface area contributed by atoms with Crippen molar-refractivity contribution in [3.63, 3.8) is 0 Å². The van der Waals surface area contributed by atoms with Gasteiger partial charge in [-0.25, -0.2) is 17.5 Å². The number of carbonyl (C=O) groups is 1. The lowest BCUT2D eigenvalue weighted by atomic mass is 9.87. The molecule has 1 aromatic carbocycles. The molecule has 22 heavy (non-hydrogen) atoms. The van der Waals surface area contributed by atoms with E-state index in [1.807, 2.05) is 0 Å². The second kappa shape index (κ2) is 6.93. The highest BCUT2D eigenvalue weighted by Crippen LogP contribution is 2.25. The Morgan fingerprint density at radius 3 is 2.50 bits per heavy atom. The van der Waals surface area contributed by atoms with Gasteiger partial charge >= 0.3 is 5.97 Å². The molecule has 2 rings (SSSR count). The van der Waals surface area contributed by atoms with E-state index in [2.05, 4.69) is 4.72 Å². The minimum absolute atomic E-state index is 0.0545. The lowest BCUT2D eigenvalue weighted by Crippen LogP contribution is -2.39. The number of aliphatic carboxylic acids is 1. The molecule has 122 valence electrons. The van der Waals surface area contributed by atoms with E-state index in [1.165, 1.54) is 12.1 Å². The molecule has 1 saturated carbocycles. The molecule has 1 aromatic rings. The summed E-state index contributed by atoms with van der Waals surface area (Å²) in [4.78, 5) is 10.9. The van der Waals surface area contributed by atoms with Crippen molar-refractivity contribution in [3.8, 4) is 0 Å². The molecule has 2 N–H and O–H groups in total. The fourth-order valence-electron chi connectivity index (χ4n) is 2.60. The van der Waals surface area contributed by atoms with Gasteiger partial charge in [0, 0.05) is 6.04 Å². The average molecular weight is 350 g/mol. The lowest BCUT2D eigenvalue weighted by molar-refractivity contribution is -0.142. The number of hydrogen-bond donors (Lipinski definition) is 2. The highest BCUT2D eigenvalue weighted by atomic mass is 35.5. The topological polar surface area (TPSA) is 83.5 Å². The van der Waals surface area contributed by atoms with E-state index >= 15 is 0 Å². The average Bonchev–Trinajstić information content (AvgIpc) is 2.42. The van der Waals surface area contributed by atoms with Crippen molar-refractivity contribution in [1.29, 1.82) is 0 Å². The molecule has 1 aliphatic rings. The number of halogens is 2. The van der Waals surface area contributed by atoms with Crippen LogP contribution < -0.4 is 4.72 Å². The van der Waals surface area contributed by atoms with Crippen molar-refractivity contribution in [2.24, 2.45) is 5.92 Å². The Bertz CT molecular complexity index is 657. The molecule has 0 aliphatic heterocycles. The van der Waals surface area contributed by atoms with Gasteiger partial charge in [0.05, 0.1) is 16.7 Å². The quantitative estimate of drug-likeness (QED) is 0.855. The van der Waals surface area contributed by atoms with Crippen molar-refractivity contribution in [1.82, 2.24) is 4.72 Å². The normalized spacial score (nSPS) is 22.5. The van der Waals surface area contributed by atoms with E-state index < -0.39 is 27.7 Å². The number of nitrogens with one attached hydrogen (secondary N) is 1. The van der Waals surface area contributed by atoms with Crippen LogP contribution in [-0.2, 0) is 20.6 Å². The summed E-state index contributed by atoms with van der Waals surface area (Å²) in [5.74, 6) is -2.22. The summed E-state index contributed by atoms with van der Waals surface area (Å²) in [5, 5.41) is 8.86. The summed E-state index contributed by atoms with van der Waals surface area (Å²) >= 11 is 5.56. The molecule has 1 aliphatic carbocycles. The van der Waals surface area contributed by atoms with Gasteiger partial charge < -0.3 is 5.11 Å². The van der Waals surface area contributed by atoms with Gasteiger partial charge in [0.1, 0.15) is 5.82 Å². The largest absolute Gasteiger partial charge is 0.481 e. The van der Waals surface area contributed by atoms with Crippen LogP contribution in [0.5, 0.6) is 0 Å². The fraction of sp³-hybridized carbons (Fsp3) is 0.500. The van der Waals surface area contributed by atoms with Crippen molar-refractivity contribution in [2.45, 2.75) is 37.5 Å².